The van der Waals surface area contributed by atoms with E-state index in [0.717, 1.165) is 21.5 Å². The Balaban J connectivity index is 2.15. The first kappa shape index (κ1) is 15.5. The highest BCUT2D eigenvalue weighted by Gasteiger charge is 2.06. The van der Waals surface area contributed by atoms with Crippen molar-refractivity contribution in [2.24, 2.45) is 0 Å². The summed E-state index contributed by atoms with van der Waals surface area (Å²) in [4.78, 5) is 0. The molecule has 0 amide bonds. The number of anilines is 1. The van der Waals surface area contributed by atoms with E-state index in [9.17, 15) is 0 Å². The Morgan fingerprint density at radius 2 is 1.80 bits per heavy atom. The molecule has 0 atom stereocenters. The van der Waals surface area contributed by atoms with Gasteiger partial charge in [-0.2, -0.15) is 0 Å². The van der Waals surface area contributed by atoms with E-state index in [1.165, 1.54) is 0 Å². The van der Waals surface area contributed by atoms with Gasteiger partial charge in [-0.25, -0.2) is 0 Å². The lowest BCUT2D eigenvalue weighted by Gasteiger charge is -2.13. The first-order valence-corrected chi connectivity index (χ1v) is 7.75. The van der Waals surface area contributed by atoms with E-state index in [1.807, 2.05) is 43.3 Å². The van der Waals surface area contributed by atoms with E-state index in [-0.39, 0.29) is 0 Å². The van der Waals surface area contributed by atoms with Crippen LogP contribution in [-0.4, -0.2) is 6.61 Å². The van der Waals surface area contributed by atoms with Crippen LogP contribution in [0.3, 0.4) is 0 Å². The third-order valence-electron chi connectivity index (χ3n) is 2.73. The molecule has 2 aromatic rings. The van der Waals surface area contributed by atoms with Crippen LogP contribution < -0.4 is 10.1 Å². The van der Waals surface area contributed by atoms with Crippen molar-refractivity contribution in [3.8, 4) is 5.75 Å². The molecule has 2 rings (SSSR count). The van der Waals surface area contributed by atoms with Gasteiger partial charge in [-0.15, -0.1) is 0 Å². The molecular weight excluding hydrogens is 361 g/mol. The predicted molar refractivity (Wildman–Crippen MR) is 89.1 cm³/mol. The Morgan fingerprint density at radius 1 is 1.10 bits per heavy atom. The summed E-state index contributed by atoms with van der Waals surface area (Å²) in [5.74, 6) is 0.794. The Labute approximate surface area is 137 Å². The van der Waals surface area contributed by atoms with Crippen molar-refractivity contribution in [2.75, 3.05) is 11.9 Å². The maximum atomic E-state index is 6.03. The van der Waals surface area contributed by atoms with Gasteiger partial charge in [0.1, 0.15) is 5.75 Å². The summed E-state index contributed by atoms with van der Waals surface area (Å²) in [6.07, 6.45) is 0. The van der Waals surface area contributed by atoms with Crippen LogP contribution in [0.5, 0.6) is 5.75 Å². The zero-order chi connectivity index (χ0) is 14.5. The number of nitrogens with one attached hydrogen (secondary N) is 1. The van der Waals surface area contributed by atoms with Gasteiger partial charge in [0, 0.05) is 21.1 Å². The average molecular weight is 375 g/mol. The molecule has 0 unspecified atom stereocenters. The van der Waals surface area contributed by atoms with Gasteiger partial charge in [-0.05, 0) is 42.8 Å². The molecule has 0 bridgehead atoms. The molecule has 5 heteroatoms. The van der Waals surface area contributed by atoms with Crippen molar-refractivity contribution in [2.45, 2.75) is 13.5 Å². The third kappa shape index (κ3) is 4.05. The van der Waals surface area contributed by atoms with Crippen molar-refractivity contribution in [1.29, 1.82) is 0 Å². The molecule has 2 nitrogen and oxygen atoms in total. The summed E-state index contributed by atoms with van der Waals surface area (Å²) in [5.41, 5.74) is 1.98. The van der Waals surface area contributed by atoms with Crippen LogP contribution in [0.2, 0.25) is 10.0 Å². The molecule has 106 valence electrons. The van der Waals surface area contributed by atoms with E-state index in [1.54, 1.807) is 0 Å². The van der Waals surface area contributed by atoms with Crippen LogP contribution in [0, 0.1) is 0 Å². The fraction of sp³-hybridized carbons (Fsp3) is 0.200. The monoisotopic (exact) mass is 373 g/mol. The predicted octanol–water partition coefficient (Wildman–Crippen LogP) is 5.77. The molecule has 0 aliphatic rings. The molecule has 0 heterocycles. The van der Waals surface area contributed by atoms with Crippen LogP contribution in [0.15, 0.2) is 40.9 Å². The van der Waals surface area contributed by atoms with E-state index in [0.29, 0.717) is 23.2 Å². The third-order valence-corrected chi connectivity index (χ3v) is 3.93. The van der Waals surface area contributed by atoms with Gasteiger partial charge < -0.3 is 10.1 Å². The Hall–Kier alpha value is -0.900. The molecule has 1 N–H and O–H groups in total. The fourth-order valence-electron chi connectivity index (χ4n) is 1.78. The van der Waals surface area contributed by atoms with Gasteiger partial charge in [0.2, 0.25) is 0 Å². The SMILES string of the molecule is CCOc1ccc(Cl)cc1NCc1ccc(Cl)cc1Br. The summed E-state index contributed by atoms with van der Waals surface area (Å²) in [6, 6.07) is 11.3. The molecule has 0 spiro atoms. The summed E-state index contributed by atoms with van der Waals surface area (Å²) < 4.78 is 6.55. The zero-order valence-electron chi connectivity index (χ0n) is 10.9. The molecule has 0 radical (unpaired) electrons. The van der Waals surface area contributed by atoms with Crippen molar-refractivity contribution in [1.82, 2.24) is 0 Å². The Kier molecular flexibility index (Phi) is 5.58. The number of halogens is 3. The summed E-state index contributed by atoms with van der Waals surface area (Å²) in [6.45, 7) is 3.22. The highest BCUT2D eigenvalue weighted by Crippen LogP contribution is 2.29. The summed E-state index contributed by atoms with van der Waals surface area (Å²) in [5, 5.41) is 4.71. The van der Waals surface area contributed by atoms with Gasteiger partial charge in [0.25, 0.3) is 0 Å². The van der Waals surface area contributed by atoms with Gasteiger partial charge >= 0.3 is 0 Å². The summed E-state index contributed by atoms with van der Waals surface area (Å²) in [7, 11) is 0. The minimum absolute atomic E-state index is 0.612. The van der Waals surface area contributed by atoms with Crippen LogP contribution >= 0.6 is 39.1 Å². The first-order valence-electron chi connectivity index (χ1n) is 6.20. The van der Waals surface area contributed by atoms with E-state index in [4.69, 9.17) is 27.9 Å². The molecule has 0 aliphatic heterocycles. The second-order valence-electron chi connectivity index (χ2n) is 4.16. The topological polar surface area (TPSA) is 21.3 Å². The standard InChI is InChI=1S/C15H14BrCl2NO/c1-2-20-15-6-5-12(18)8-14(15)19-9-10-3-4-11(17)7-13(10)16/h3-8,19H,2,9H2,1H3. The largest absolute Gasteiger partial charge is 0.492 e. The molecular formula is C15H14BrCl2NO. The number of hydrogen-bond acceptors (Lipinski definition) is 2. The average Bonchev–Trinajstić information content (AvgIpc) is 2.41. The van der Waals surface area contributed by atoms with Crippen molar-refractivity contribution < 1.29 is 4.74 Å². The minimum Gasteiger partial charge on any atom is -0.492 e. The highest BCUT2D eigenvalue weighted by molar-refractivity contribution is 9.10. The molecule has 0 fully saturated rings. The number of ether oxygens (including phenoxy) is 1. The lowest BCUT2D eigenvalue weighted by molar-refractivity contribution is 0.341. The van der Waals surface area contributed by atoms with Gasteiger partial charge in [0.05, 0.1) is 12.3 Å². The first-order chi connectivity index (χ1) is 9.60. The van der Waals surface area contributed by atoms with E-state index < -0.39 is 0 Å². The van der Waals surface area contributed by atoms with Gasteiger partial charge in [0.15, 0.2) is 0 Å². The van der Waals surface area contributed by atoms with Crippen molar-refractivity contribution in [3.63, 3.8) is 0 Å². The second-order valence-corrected chi connectivity index (χ2v) is 5.89. The lowest BCUT2D eigenvalue weighted by Crippen LogP contribution is -2.03. The molecule has 20 heavy (non-hydrogen) atoms. The van der Waals surface area contributed by atoms with Crippen LogP contribution in [0.25, 0.3) is 0 Å². The van der Waals surface area contributed by atoms with Crippen LogP contribution in [0.1, 0.15) is 12.5 Å². The zero-order valence-corrected chi connectivity index (χ0v) is 14.0. The molecule has 0 saturated carbocycles. The van der Waals surface area contributed by atoms with Crippen LogP contribution in [0.4, 0.5) is 5.69 Å². The maximum Gasteiger partial charge on any atom is 0.142 e. The lowest BCUT2D eigenvalue weighted by atomic mass is 10.2. The molecule has 0 saturated heterocycles. The second kappa shape index (κ2) is 7.21. The van der Waals surface area contributed by atoms with Crippen LogP contribution in [-0.2, 0) is 6.54 Å². The molecule has 2 aromatic carbocycles. The highest BCUT2D eigenvalue weighted by atomic mass is 79.9. The van der Waals surface area contributed by atoms with Crippen molar-refractivity contribution in [3.05, 3.63) is 56.5 Å². The molecule has 0 aliphatic carbocycles. The molecule has 0 aromatic heterocycles. The fourth-order valence-corrected chi connectivity index (χ4v) is 2.77. The normalized spacial score (nSPS) is 10.4. The maximum absolute atomic E-state index is 6.03. The number of hydrogen-bond donors (Lipinski definition) is 1. The Bertz CT molecular complexity index is 604. The number of rotatable bonds is 5. The van der Waals surface area contributed by atoms with Crippen molar-refractivity contribution >= 4 is 44.8 Å². The van der Waals surface area contributed by atoms with Gasteiger partial charge in [-0.3, -0.25) is 0 Å². The summed E-state index contributed by atoms with van der Waals surface area (Å²) >= 11 is 15.5. The van der Waals surface area contributed by atoms with E-state index in [2.05, 4.69) is 21.2 Å². The number of benzene rings is 2. The quantitative estimate of drug-likeness (QED) is 0.717. The smallest absolute Gasteiger partial charge is 0.142 e. The van der Waals surface area contributed by atoms with E-state index >= 15 is 0 Å². The Morgan fingerprint density at radius 3 is 2.50 bits per heavy atom. The van der Waals surface area contributed by atoms with Gasteiger partial charge in [-0.1, -0.05) is 45.2 Å². The minimum atomic E-state index is 0.612.